The van der Waals surface area contributed by atoms with Crippen LogP contribution >= 0.6 is 0 Å². The van der Waals surface area contributed by atoms with Crippen molar-refractivity contribution in [2.75, 3.05) is 13.6 Å². The van der Waals surface area contributed by atoms with Gasteiger partial charge in [0.1, 0.15) is 0 Å². The highest BCUT2D eigenvalue weighted by molar-refractivity contribution is 5.30. The molecule has 0 amide bonds. The smallest absolute Gasteiger partial charge is 0.00177 e. The molecular weight excluding hydrogens is 206 g/mol. The van der Waals surface area contributed by atoms with Gasteiger partial charge in [0.15, 0.2) is 0 Å². The van der Waals surface area contributed by atoms with E-state index in [1.165, 1.54) is 44.2 Å². The van der Waals surface area contributed by atoms with Crippen LogP contribution in [-0.2, 0) is 0 Å². The maximum absolute atomic E-state index is 3.38. The summed E-state index contributed by atoms with van der Waals surface area (Å²) in [6, 6.07) is 8.96. The summed E-state index contributed by atoms with van der Waals surface area (Å²) < 4.78 is 0. The third-order valence-electron chi connectivity index (χ3n) is 4.21. The lowest BCUT2D eigenvalue weighted by Gasteiger charge is -2.26. The molecule has 1 nitrogen and oxygen atoms in total. The molecule has 1 saturated carbocycles. The van der Waals surface area contributed by atoms with E-state index in [1.807, 2.05) is 0 Å². The van der Waals surface area contributed by atoms with Crippen molar-refractivity contribution in [3.8, 4) is 0 Å². The topological polar surface area (TPSA) is 12.0 Å². The number of hydrogen-bond donors (Lipinski definition) is 1. The Balaban J connectivity index is 2.22. The molecule has 0 spiro atoms. The number of nitrogens with one attached hydrogen (secondary N) is 1. The molecular formula is C16H25N. The van der Waals surface area contributed by atoms with E-state index < -0.39 is 0 Å². The molecule has 1 aliphatic carbocycles. The molecule has 1 N–H and O–H groups in total. The molecule has 1 aliphatic rings. The van der Waals surface area contributed by atoms with Crippen molar-refractivity contribution in [3.05, 3.63) is 35.4 Å². The van der Waals surface area contributed by atoms with Crippen LogP contribution in [-0.4, -0.2) is 13.6 Å². The van der Waals surface area contributed by atoms with Gasteiger partial charge in [-0.1, -0.05) is 43.5 Å². The lowest BCUT2D eigenvalue weighted by molar-refractivity contribution is 0.385. The van der Waals surface area contributed by atoms with Crippen molar-refractivity contribution in [2.45, 2.75) is 44.9 Å². The Morgan fingerprint density at radius 2 is 1.88 bits per heavy atom. The predicted molar refractivity (Wildman–Crippen MR) is 74.4 cm³/mol. The van der Waals surface area contributed by atoms with Crippen molar-refractivity contribution >= 4 is 0 Å². The number of hydrogen-bond acceptors (Lipinski definition) is 1. The maximum Gasteiger partial charge on any atom is -0.00177 e. The van der Waals surface area contributed by atoms with Gasteiger partial charge >= 0.3 is 0 Å². The molecule has 0 heterocycles. The van der Waals surface area contributed by atoms with E-state index in [9.17, 15) is 0 Å². The second kappa shape index (κ2) is 6.20. The Bertz CT molecular complexity index is 345. The average Bonchev–Trinajstić information content (AvgIpc) is 2.56. The van der Waals surface area contributed by atoms with Crippen LogP contribution < -0.4 is 5.32 Å². The van der Waals surface area contributed by atoms with Gasteiger partial charge in [-0.05, 0) is 56.3 Å². The van der Waals surface area contributed by atoms with Crippen LogP contribution in [0.5, 0.6) is 0 Å². The first-order valence-corrected chi connectivity index (χ1v) is 7.03. The van der Waals surface area contributed by atoms with Crippen LogP contribution in [0.15, 0.2) is 24.3 Å². The first-order chi connectivity index (χ1) is 8.33. The summed E-state index contributed by atoms with van der Waals surface area (Å²) in [6.45, 7) is 3.43. The molecule has 2 rings (SSSR count). The zero-order chi connectivity index (χ0) is 12.1. The number of benzene rings is 1. The lowest BCUT2D eigenvalue weighted by Crippen LogP contribution is -2.24. The fraction of sp³-hybridized carbons (Fsp3) is 0.625. The molecule has 0 bridgehead atoms. The summed E-state index contributed by atoms with van der Waals surface area (Å²) in [4.78, 5) is 0. The van der Waals surface area contributed by atoms with Crippen molar-refractivity contribution in [3.63, 3.8) is 0 Å². The molecule has 1 fully saturated rings. The van der Waals surface area contributed by atoms with Crippen LogP contribution in [0.2, 0.25) is 0 Å². The highest BCUT2D eigenvalue weighted by Crippen LogP contribution is 2.37. The highest BCUT2D eigenvalue weighted by atomic mass is 14.8. The van der Waals surface area contributed by atoms with Gasteiger partial charge in [-0.25, -0.2) is 0 Å². The summed E-state index contributed by atoms with van der Waals surface area (Å²) in [5, 5.41) is 3.38. The van der Waals surface area contributed by atoms with Crippen LogP contribution in [0.3, 0.4) is 0 Å². The first kappa shape index (κ1) is 12.6. The standard InChI is InChI=1S/C16H25N/c1-13-8-6-7-10-15(13)16-11-5-3-4-9-14(16)12-17-2/h6-8,10,14,16-17H,3-5,9,11-12H2,1-2H3. The lowest BCUT2D eigenvalue weighted by atomic mass is 9.80. The SMILES string of the molecule is CNCC1CCCCCC1c1ccccc1C. The van der Waals surface area contributed by atoms with E-state index in [2.05, 4.69) is 43.6 Å². The van der Waals surface area contributed by atoms with Crippen LogP contribution in [0.4, 0.5) is 0 Å². The predicted octanol–water partition coefficient (Wildman–Crippen LogP) is 3.88. The van der Waals surface area contributed by atoms with Gasteiger partial charge in [0.05, 0.1) is 0 Å². The Hall–Kier alpha value is -0.820. The second-order valence-electron chi connectivity index (χ2n) is 5.42. The van der Waals surface area contributed by atoms with Crippen LogP contribution in [0.25, 0.3) is 0 Å². The third-order valence-corrected chi connectivity index (χ3v) is 4.21. The van der Waals surface area contributed by atoms with Crippen molar-refractivity contribution in [1.82, 2.24) is 5.32 Å². The average molecular weight is 231 g/mol. The zero-order valence-electron chi connectivity index (χ0n) is 11.2. The number of aryl methyl sites for hydroxylation is 1. The Labute approximate surface area is 106 Å². The molecule has 0 aliphatic heterocycles. The molecule has 1 aromatic rings. The van der Waals surface area contributed by atoms with E-state index in [0.717, 1.165) is 11.8 Å². The second-order valence-corrected chi connectivity index (χ2v) is 5.42. The molecule has 0 radical (unpaired) electrons. The van der Waals surface area contributed by atoms with Gasteiger partial charge in [-0.3, -0.25) is 0 Å². The normalized spacial score (nSPS) is 25.5. The van der Waals surface area contributed by atoms with Crippen molar-refractivity contribution < 1.29 is 0 Å². The molecule has 1 heteroatoms. The third kappa shape index (κ3) is 3.10. The fourth-order valence-corrected chi connectivity index (χ4v) is 3.30. The first-order valence-electron chi connectivity index (χ1n) is 7.03. The van der Waals surface area contributed by atoms with Crippen LogP contribution in [0, 0.1) is 12.8 Å². The number of rotatable bonds is 3. The minimum absolute atomic E-state index is 0.770. The maximum atomic E-state index is 3.38. The monoisotopic (exact) mass is 231 g/mol. The minimum Gasteiger partial charge on any atom is -0.319 e. The van der Waals surface area contributed by atoms with E-state index in [1.54, 1.807) is 5.56 Å². The van der Waals surface area contributed by atoms with Crippen molar-refractivity contribution in [2.24, 2.45) is 5.92 Å². The summed E-state index contributed by atoms with van der Waals surface area (Å²) in [7, 11) is 2.08. The Kier molecular flexibility index (Phi) is 4.61. The van der Waals surface area contributed by atoms with Gasteiger partial charge in [-0.15, -0.1) is 0 Å². The van der Waals surface area contributed by atoms with Gasteiger partial charge in [0.25, 0.3) is 0 Å². The van der Waals surface area contributed by atoms with Gasteiger partial charge in [0.2, 0.25) is 0 Å². The summed E-state index contributed by atoms with van der Waals surface area (Å²) >= 11 is 0. The van der Waals surface area contributed by atoms with Gasteiger partial charge in [-0.2, -0.15) is 0 Å². The summed E-state index contributed by atoms with van der Waals surface area (Å²) in [6.07, 6.45) is 6.99. The van der Waals surface area contributed by atoms with E-state index in [-0.39, 0.29) is 0 Å². The quantitative estimate of drug-likeness (QED) is 0.778. The molecule has 1 aromatic carbocycles. The van der Waals surface area contributed by atoms with E-state index >= 15 is 0 Å². The molecule has 94 valence electrons. The zero-order valence-corrected chi connectivity index (χ0v) is 11.2. The van der Waals surface area contributed by atoms with Crippen molar-refractivity contribution in [1.29, 1.82) is 0 Å². The van der Waals surface area contributed by atoms with E-state index in [4.69, 9.17) is 0 Å². The minimum atomic E-state index is 0.770. The molecule has 2 unspecified atom stereocenters. The van der Waals surface area contributed by atoms with E-state index in [0.29, 0.717) is 0 Å². The highest BCUT2D eigenvalue weighted by Gasteiger charge is 2.25. The van der Waals surface area contributed by atoms with Crippen LogP contribution in [0.1, 0.15) is 49.1 Å². The molecule has 2 atom stereocenters. The molecule has 0 aromatic heterocycles. The molecule has 17 heavy (non-hydrogen) atoms. The Morgan fingerprint density at radius 1 is 1.12 bits per heavy atom. The summed E-state index contributed by atoms with van der Waals surface area (Å²) in [5.41, 5.74) is 3.06. The summed E-state index contributed by atoms with van der Waals surface area (Å²) in [5.74, 6) is 1.59. The van der Waals surface area contributed by atoms with Gasteiger partial charge < -0.3 is 5.32 Å². The largest absolute Gasteiger partial charge is 0.319 e. The van der Waals surface area contributed by atoms with Gasteiger partial charge in [0, 0.05) is 0 Å². The Morgan fingerprint density at radius 3 is 2.65 bits per heavy atom. The fourth-order valence-electron chi connectivity index (χ4n) is 3.30. The molecule has 0 saturated heterocycles.